The first-order chi connectivity index (χ1) is 21.2. The zero-order valence-electron chi connectivity index (χ0n) is 23.5. The highest BCUT2D eigenvalue weighted by Crippen LogP contribution is 2.33. The van der Waals surface area contributed by atoms with Gasteiger partial charge in [0.2, 0.25) is 0 Å². The van der Waals surface area contributed by atoms with E-state index >= 15 is 0 Å². The SMILES string of the molecule is Cc1cc(-c2ccccc2)nc(-c2cc(-c3ncccn3)cc(-c3nc(-c4ccccc4)nc(-c4ccccc4)n3)c2)c1. The Hall–Kier alpha value is -5.88. The second-order valence-electron chi connectivity index (χ2n) is 10.2. The van der Waals surface area contributed by atoms with Gasteiger partial charge in [0.25, 0.3) is 0 Å². The molecule has 3 aromatic heterocycles. The quantitative estimate of drug-likeness (QED) is 0.206. The summed E-state index contributed by atoms with van der Waals surface area (Å²) in [7, 11) is 0. The summed E-state index contributed by atoms with van der Waals surface area (Å²) in [5, 5.41) is 0. The Kier molecular flexibility index (Phi) is 6.99. The van der Waals surface area contributed by atoms with E-state index in [1.807, 2.05) is 91.0 Å². The van der Waals surface area contributed by atoms with E-state index < -0.39 is 0 Å². The van der Waals surface area contributed by atoms with Crippen LogP contribution in [-0.2, 0) is 0 Å². The Morgan fingerprint density at radius 3 is 1.30 bits per heavy atom. The van der Waals surface area contributed by atoms with E-state index in [0.29, 0.717) is 23.3 Å². The lowest BCUT2D eigenvalue weighted by Crippen LogP contribution is -2.01. The molecule has 204 valence electrons. The topological polar surface area (TPSA) is 77.3 Å². The molecule has 0 spiro atoms. The summed E-state index contributed by atoms with van der Waals surface area (Å²) in [4.78, 5) is 29.0. The van der Waals surface area contributed by atoms with Crippen LogP contribution in [0.25, 0.3) is 68.1 Å². The largest absolute Gasteiger partial charge is 0.248 e. The summed E-state index contributed by atoms with van der Waals surface area (Å²) in [6, 6.07) is 42.4. The third kappa shape index (κ3) is 5.67. The number of hydrogen-bond acceptors (Lipinski definition) is 6. The average molecular weight is 555 g/mol. The number of nitrogens with zero attached hydrogens (tertiary/aromatic N) is 6. The molecule has 0 fully saturated rings. The van der Waals surface area contributed by atoms with Gasteiger partial charge in [0.1, 0.15) is 0 Å². The Morgan fingerprint density at radius 2 is 0.767 bits per heavy atom. The number of hydrogen-bond donors (Lipinski definition) is 0. The minimum atomic E-state index is 0.558. The fraction of sp³-hybridized carbons (Fsp3) is 0.0270. The molecule has 0 atom stereocenters. The molecule has 0 saturated heterocycles. The highest BCUT2D eigenvalue weighted by molar-refractivity contribution is 5.78. The molecule has 0 N–H and O–H groups in total. The van der Waals surface area contributed by atoms with Gasteiger partial charge in [0.15, 0.2) is 23.3 Å². The van der Waals surface area contributed by atoms with Crippen LogP contribution in [0.2, 0.25) is 0 Å². The third-order valence-corrected chi connectivity index (χ3v) is 7.05. The van der Waals surface area contributed by atoms with Gasteiger partial charge in [-0.15, -0.1) is 0 Å². The van der Waals surface area contributed by atoms with Crippen molar-refractivity contribution >= 4 is 0 Å². The molecule has 0 saturated carbocycles. The molecule has 6 nitrogen and oxygen atoms in total. The van der Waals surface area contributed by atoms with Gasteiger partial charge in [-0.25, -0.2) is 29.9 Å². The lowest BCUT2D eigenvalue weighted by atomic mass is 10.00. The van der Waals surface area contributed by atoms with Crippen LogP contribution in [0.1, 0.15) is 5.56 Å². The second kappa shape index (κ2) is 11.5. The van der Waals surface area contributed by atoms with E-state index in [1.54, 1.807) is 12.4 Å². The van der Waals surface area contributed by atoms with Crippen LogP contribution in [-0.4, -0.2) is 29.9 Å². The van der Waals surface area contributed by atoms with Crippen molar-refractivity contribution in [3.05, 3.63) is 145 Å². The van der Waals surface area contributed by atoms with Gasteiger partial charge in [0, 0.05) is 45.8 Å². The molecule has 0 aliphatic carbocycles. The van der Waals surface area contributed by atoms with Crippen molar-refractivity contribution in [3.63, 3.8) is 0 Å². The molecule has 43 heavy (non-hydrogen) atoms. The molecular formula is C37H26N6. The molecule has 0 aliphatic heterocycles. The van der Waals surface area contributed by atoms with Crippen LogP contribution < -0.4 is 0 Å². The number of benzene rings is 4. The zero-order valence-corrected chi connectivity index (χ0v) is 23.5. The van der Waals surface area contributed by atoms with Crippen LogP contribution in [0.5, 0.6) is 0 Å². The van der Waals surface area contributed by atoms with Gasteiger partial charge >= 0.3 is 0 Å². The number of aromatic nitrogens is 6. The fourth-order valence-corrected chi connectivity index (χ4v) is 4.99. The normalized spacial score (nSPS) is 10.9. The monoisotopic (exact) mass is 554 g/mol. The summed E-state index contributed by atoms with van der Waals surface area (Å²) in [6.45, 7) is 2.09. The Bertz CT molecular complexity index is 1950. The van der Waals surface area contributed by atoms with E-state index in [-0.39, 0.29) is 0 Å². The van der Waals surface area contributed by atoms with Gasteiger partial charge < -0.3 is 0 Å². The predicted octanol–water partition coefficient (Wildman–Crippen LogP) is 8.37. The lowest BCUT2D eigenvalue weighted by molar-refractivity contribution is 1.07. The molecular weight excluding hydrogens is 528 g/mol. The molecule has 0 bridgehead atoms. The zero-order chi connectivity index (χ0) is 29.0. The highest BCUT2D eigenvalue weighted by Gasteiger charge is 2.16. The molecule has 4 aromatic carbocycles. The van der Waals surface area contributed by atoms with Gasteiger partial charge in [-0.3, -0.25) is 0 Å². The maximum atomic E-state index is 5.08. The van der Waals surface area contributed by atoms with Crippen LogP contribution in [0.3, 0.4) is 0 Å². The summed E-state index contributed by atoms with van der Waals surface area (Å²) >= 11 is 0. The first-order valence-electron chi connectivity index (χ1n) is 14.0. The number of pyridine rings is 1. The molecule has 0 radical (unpaired) electrons. The lowest BCUT2D eigenvalue weighted by Gasteiger charge is -2.12. The first-order valence-corrected chi connectivity index (χ1v) is 14.0. The molecule has 0 amide bonds. The fourth-order valence-electron chi connectivity index (χ4n) is 4.99. The van der Waals surface area contributed by atoms with Crippen LogP contribution >= 0.6 is 0 Å². The third-order valence-electron chi connectivity index (χ3n) is 7.05. The van der Waals surface area contributed by atoms with E-state index in [9.17, 15) is 0 Å². The predicted molar refractivity (Wildman–Crippen MR) is 171 cm³/mol. The van der Waals surface area contributed by atoms with Gasteiger partial charge in [-0.05, 0) is 48.9 Å². The summed E-state index contributed by atoms with van der Waals surface area (Å²) < 4.78 is 0. The summed E-state index contributed by atoms with van der Waals surface area (Å²) in [5.41, 5.74) is 8.36. The maximum absolute atomic E-state index is 5.08. The maximum Gasteiger partial charge on any atom is 0.164 e. The van der Waals surface area contributed by atoms with E-state index in [4.69, 9.17) is 19.9 Å². The standard InChI is InChI=1S/C37H26N6/c1-25-20-32(26-12-5-2-6-13-26)40-33(21-25)29-22-30(34-38-18-11-19-39-34)24-31(23-29)37-42-35(27-14-7-3-8-15-27)41-36(43-37)28-16-9-4-10-17-28/h2-24H,1H3. The second-order valence-corrected chi connectivity index (χ2v) is 10.2. The minimum Gasteiger partial charge on any atom is -0.248 e. The van der Waals surface area contributed by atoms with E-state index in [2.05, 4.69) is 53.3 Å². The number of aryl methyl sites for hydroxylation is 1. The molecule has 7 aromatic rings. The average Bonchev–Trinajstić information content (AvgIpc) is 3.09. The van der Waals surface area contributed by atoms with Crippen molar-refractivity contribution in [2.75, 3.05) is 0 Å². The van der Waals surface area contributed by atoms with Gasteiger partial charge in [-0.2, -0.15) is 0 Å². The van der Waals surface area contributed by atoms with Crippen molar-refractivity contribution < 1.29 is 0 Å². The number of rotatable bonds is 6. The van der Waals surface area contributed by atoms with Crippen molar-refractivity contribution in [1.82, 2.24) is 29.9 Å². The molecule has 7 rings (SSSR count). The van der Waals surface area contributed by atoms with Crippen molar-refractivity contribution in [1.29, 1.82) is 0 Å². The highest BCUT2D eigenvalue weighted by atomic mass is 15.0. The van der Waals surface area contributed by atoms with Crippen LogP contribution in [0.4, 0.5) is 0 Å². The van der Waals surface area contributed by atoms with Gasteiger partial charge in [0.05, 0.1) is 11.4 Å². The molecule has 0 unspecified atom stereocenters. The Balaban J connectivity index is 1.45. The van der Waals surface area contributed by atoms with Crippen LogP contribution in [0, 0.1) is 6.92 Å². The van der Waals surface area contributed by atoms with Crippen molar-refractivity contribution in [2.24, 2.45) is 0 Å². The Morgan fingerprint density at radius 1 is 0.349 bits per heavy atom. The summed E-state index contributed by atoms with van der Waals surface area (Å²) in [5.74, 6) is 2.38. The van der Waals surface area contributed by atoms with Crippen molar-refractivity contribution in [3.8, 4) is 68.1 Å². The van der Waals surface area contributed by atoms with Crippen LogP contribution in [0.15, 0.2) is 140 Å². The van der Waals surface area contributed by atoms with Crippen molar-refractivity contribution in [2.45, 2.75) is 6.92 Å². The molecule has 0 aliphatic rings. The summed E-state index contributed by atoms with van der Waals surface area (Å²) in [6.07, 6.45) is 3.49. The molecule has 3 heterocycles. The Labute approximate surface area is 249 Å². The van der Waals surface area contributed by atoms with Gasteiger partial charge in [-0.1, -0.05) is 91.0 Å². The molecule has 6 heteroatoms. The van der Waals surface area contributed by atoms with E-state index in [0.717, 1.165) is 50.3 Å². The smallest absolute Gasteiger partial charge is 0.164 e. The first kappa shape index (κ1) is 26.0. The van der Waals surface area contributed by atoms with E-state index in [1.165, 1.54) is 0 Å². The minimum absolute atomic E-state index is 0.558.